The smallest absolute Gasteiger partial charge is 0.410 e. The molecule has 1 aliphatic heterocycles. The van der Waals surface area contributed by atoms with Crippen molar-refractivity contribution in [3.63, 3.8) is 0 Å². The number of methoxy groups -OCH3 is 2. The minimum Gasteiger partial charge on any atom is -0.497 e. The lowest BCUT2D eigenvalue weighted by atomic mass is 9.88. The number of fused-ring (bicyclic) bond motifs is 1. The quantitative estimate of drug-likeness (QED) is 0.113. The molecule has 3 heterocycles. The Kier molecular flexibility index (Phi) is 12.2. The zero-order valence-electron chi connectivity index (χ0n) is 32.2. The Morgan fingerprint density at radius 3 is 2.04 bits per heavy atom. The molecular formula is C42H52N6O6. The molecule has 1 atom stereocenters. The van der Waals surface area contributed by atoms with Crippen molar-refractivity contribution in [2.75, 3.05) is 38.8 Å². The topological polar surface area (TPSA) is 124 Å². The van der Waals surface area contributed by atoms with Crippen LogP contribution in [0, 0.1) is 0 Å². The number of unbranched alkanes of at least 4 members (excludes halogenated alkanes) is 1. The number of hydrogen-bond donors (Lipinski definition) is 1. The van der Waals surface area contributed by atoms with E-state index in [1.807, 2.05) is 81.4 Å². The number of rotatable bonds is 14. The van der Waals surface area contributed by atoms with E-state index in [-0.39, 0.29) is 12.1 Å². The summed E-state index contributed by atoms with van der Waals surface area (Å²) >= 11 is 0. The number of nitrogens with zero attached hydrogens (tertiary/aromatic N) is 6. The van der Waals surface area contributed by atoms with Gasteiger partial charge in [-0.3, -0.25) is 0 Å². The average molecular weight is 737 g/mol. The van der Waals surface area contributed by atoms with E-state index in [1.54, 1.807) is 29.8 Å². The highest BCUT2D eigenvalue weighted by atomic mass is 16.6. The largest absolute Gasteiger partial charge is 0.497 e. The number of ether oxygens (including phenoxy) is 4. The van der Waals surface area contributed by atoms with Crippen LogP contribution in [0.25, 0.3) is 5.65 Å². The van der Waals surface area contributed by atoms with E-state index in [1.165, 1.54) is 5.56 Å². The normalized spacial score (nSPS) is 14.2. The number of aliphatic hydroxyl groups excluding tert-OH is 1. The second-order valence-corrected chi connectivity index (χ2v) is 14.7. The van der Waals surface area contributed by atoms with E-state index >= 15 is 0 Å². The van der Waals surface area contributed by atoms with Gasteiger partial charge < -0.3 is 33.9 Å². The fourth-order valence-electron chi connectivity index (χ4n) is 6.58. The molecular weight excluding hydrogens is 684 g/mol. The fourth-order valence-corrected chi connectivity index (χ4v) is 6.58. The van der Waals surface area contributed by atoms with Crippen LogP contribution in [-0.4, -0.2) is 75.2 Å². The fraction of sp³-hybridized carbons (Fsp3) is 0.429. The molecule has 3 aromatic carbocycles. The van der Waals surface area contributed by atoms with E-state index in [9.17, 15) is 9.90 Å². The van der Waals surface area contributed by atoms with E-state index in [2.05, 4.69) is 24.0 Å². The van der Waals surface area contributed by atoms with Gasteiger partial charge in [0.1, 0.15) is 23.2 Å². The van der Waals surface area contributed by atoms with Gasteiger partial charge >= 0.3 is 12.1 Å². The third-order valence-corrected chi connectivity index (χ3v) is 9.60. The van der Waals surface area contributed by atoms with Crippen LogP contribution in [0.4, 0.5) is 10.6 Å². The van der Waals surface area contributed by atoms with Gasteiger partial charge in [-0.1, -0.05) is 61.9 Å². The van der Waals surface area contributed by atoms with Crippen LogP contribution >= 0.6 is 0 Å². The molecule has 12 heteroatoms. The number of amides is 1. The highest BCUT2D eigenvalue weighted by Gasteiger charge is 2.28. The molecule has 1 unspecified atom stereocenters. The minimum atomic E-state index is -1.01. The second kappa shape index (κ2) is 17.2. The Morgan fingerprint density at radius 1 is 0.907 bits per heavy atom. The van der Waals surface area contributed by atoms with Gasteiger partial charge in [-0.15, -0.1) is 5.10 Å². The third-order valence-electron chi connectivity index (χ3n) is 9.60. The van der Waals surface area contributed by atoms with Crippen LogP contribution < -0.4 is 19.1 Å². The summed E-state index contributed by atoms with van der Waals surface area (Å²) in [5.74, 6) is 2.45. The highest BCUT2D eigenvalue weighted by Crippen LogP contribution is 2.33. The molecule has 1 N–H and O–H groups in total. The number of benzene rings is 3. The molecule has 0 saturated carbocycles. The molecule has 54 heavy (non-hydrogen) atoms. The number of aliphatic hydroxyl groups is 1. The molecule has 1 fully saturated rings. The average Bonchev–Trinajstić information content (AvgIpc) is 3.61. The first-order chi connectivity index (χ1) is 26.0. The molecule has 12 nitrogen and oxygen atoms in total. The molecule has 1 amide bonds. The van der Waals surface area contributed by atoms with Crippen molar-refractivity contribution < 1.29 is 28.8 Å². The monoisotopic (exact) mass is 736 g/mol. The zero-order chi connectivity index (χ0) is 38.2. The van der Waals surface area contributed by atoms with Crippen LogP contribution in [-0.2, 0) is 17.8 Å². The third kappa shape index (κ3) is 9.40. The summed E-state index contributed by atoms with van der Waals surface area (Å²) in [5, 5.41) is 16.6. The molecule has 0 aliphatic carbocycles. The van der Waals surface area contributed by atoms with Crippen LogP contribution in [0.1, 0.15) is 93.3 Å². The lowest BCUT2D eigenvalue weighted by Crippen LogP contribution is -2.41. The first-order valence-corrected chi connectivity index (χ1v) is 18.7. The van der Waals surface area contributed by atoms with Gasteiger partial charge in [0.05, 0.1) is 32.7 Å². The van der Waals surface area contributed by atoms with Gasteiger partial charge in [-0.2, -0.15) is 4.98 Å². The molecule has 6 rings (SSSR count). The predicted molar refractivity (Wildman–Crippen MR) is 207 cm³/mol. The minimum absolute atomic E-state index is 0.208. The van der Waals surface area contributed by atoms with Crippen LogP contribution in [0.3, 0.4) is 0 Å². The number of carbonyl (C=O) groups is 1. The van der Waals surface area contributed by atoms with Gasteiger partial charge in [-0.05, 0) is 92.5 Å². The molecule has 1 saturated heterocycles. The number of carbonyl (C=O) groups excluding carboxylic acids is 1. The first kappa shape index (κ1) is 38.4. The maximum Gasteiger partial charge on any atom is 0.410 e. The number of anilines is 1. The van der Waals surface area contributed by atoms with Crippen LogP contribution in [0.15, 0.2) is 79.0 Å². The molecule has 0 bridgehead atoms. The van der Waals surface area contributed by atoms with Crippen molar-refractivity contribution >= 4 is 17.6 Å². The lowest BCUT2D eigenvalue weighted by molar-refractivity contribution is 0.0204. The lowest BCUT2D eigenvalue weighted by Gasteiger charge is -2.33. The van der Waals surface area contributed by atoms with Crippen molar-refractivity contribution in [1.29, 1.82) is 0 Å². The number of imidazole rings is 1. The molecule has 1 aliphatic rings. The number of likely N-dealkylation sites (tertiary alicyclic amines) is 1. The predicted octanol–water partition coefficient (Wildman–Crippen LogP) is 7.72. The second-order valence-electron chi connectivity index (χ2n) is 14.7. The van der Waals surface area contributed by atoms with Gasteiger partial charge in [0.2, 0.25) is 0 Å². The summed E-state index contributed by atoms with van der Waals surface area (Å²) in [7, 11) is 3.31. The first-order valence-electron chi connectivity index (χ1n) is 18.7. The standard InChI is InChI=1S/C42H52N6O6/c1-7-8-25-53-40-44-39(47(27-29-9-17-34(51-5)18-10-29)28-30-11-19-35(52-6)20-12-30)38-43-26-36(48(38)45-40)37(49)33-15-13-31(14-16-33)32-21-23-46(24-22-32)41(50)54-42(2,3)4/h9-20,26,32,37,49H,7-8,21-25,27-28H2,1-6H3. The van der Waals surface area contributed by atoms with Crippen molar-refractivity contribution in [1.82, 2.24) is 24.5 Å². The van der Waals surface area contributed by atoms with E-state index in [0.717, 1.165) is 48.3 Å². The SMILES string of the molecule is CCCCOc1nc(N(Cc2ccc(OC)cc2)Cc2ccc(OC)cc2)c2ncc(C(O)c3ccc(C4CCN(C(=O)OC(C)(C)C)CC4)cc3)n2n1. The van der Waals surface area contributed by atoms with Gasteiger partial charge in [0, 0.05) is 26.2 Å². The van der Waals surface area contributed by atoms with Crippen LogP contribution in [0.5, 0.6) is 17.5 Å². The number of piperidine rings is 1. The van der Waals surface area contributed by atoms with E-state index in [0.29, 0.717) is 61.4 Å². The summed E-state index contributed by atoms with van der Waals surface area (Å²) in [6.07, 6.45) is 3.90. The van der Waals surface area contributed by atoms with Gasteiger partial charge in [0.15, 0.2) is 11.5 Å². The van der Waals surface area contributed by atoms with Gasteiger partial charge in [-0.25, -0.2) is 14.3 Å². The van der Waals surface area contributed by atoms with Gasteiger partial charge in [0.25, 0.3) is 0 Å². The van der Waals surface area contributed by atoms with Crippen molar-refractivity contribution in [2.45, 2.75) is 84.1 Å². The summed E-state index contributed by atoms with van der Waals surface area (Å²) in [4.78, 5) is 26.2. The summed E-state index contributed by atoms with van der Waals surface area (Å²) in [6, 6.07) is 24.2. The molecule has 286 valence electrons. The number of aromatic nitrogens is 4. The summed E-state index contributed by atoms with van der Waals surface area (Å²) < 4.78 is 24.1. The summed E-state index contributed by atoms with van der Waals surface area (Å²) in [6.45, 7) is 10.5. The van der Waals surface area contributed by atoms with Crippen LogP contribution in [0.2, 0.25) is 0 Å². The Morgan fingerprint density at radius 2 is 1.50 bits per heavy atom. The molecule has 0 spiro atoms. The molecule has 5 aromatic rings. The van der Waals surface area contributed by atoms with E-state index < -0.39 is 11.7 Å². The Labute approximate surface area is 317 Å². The maximum atomic E-state index is 12.6. The summed E-state index contributed by atoms with van der Waals surface area (Å²) in [5.41, 5.74) is 4.49. The number of hydrogen-bond acceptors (Lipinski definition) is 10. The van der Waals surface area contributed by atoms with E-state index in [4.69, 9.17) is 34.0 Å². The highest BCUT2D eigenvalue weighted by molar-refractivity contribution is 5.68. The Balaban J connectivity index is 1.29. The maximum absolute atomic E-state index is 12.6. The molecule has 0 radical (unpaired) electrons. The van der Waals surface area contributed by atoms with Crippen molar-refractivity contribution in [2.24, 2.45) is 0 Å². The van der Waals surface area contributed by atoms with Crippen molar-refractivity contribution in [3.8, 4) is 17.5 Å². The van der Waals surface area contributed by atoms with Crippen molar-refractivity contribution in [3.05, 3.63) is 107 Å². The molecule has 2 aromatic heterocycles. The zero-order valence-corrected chi connectivity index (χ0v) is 32.2. The Hall–Kier alpha value is -5.36. The Bertz CT molecular complexity index is 1920.